The summed E-state index contributed by atoms with van der Waals surface area (Å²) in [5, 5.41) is 13.8. The number of carbonyl (C=O) groups excluding carboxylic acids is 1. The standard InChI is InChI=1S/C15H11Cl4NO2/c1-2-10-11(18)6-12(14(21)13(10)19)20-15(22)7-3-8(16)5-9(17)4-7/h3-6,21H,2H2,1H3,(H,20,22). The summed E-state index contributed by atoms with van der Waals surface area (Å²) >= 11 is 23.9. The SMILES string of the molecule is CCc1c(Cl)cc(NC(=O)c2cc(Cl)cc(Cl)c2)c(O)c1Cl. The van der Waals surface area contributed by atoms with Gasteiger partial charge in [-0.05, 0) is 36.2 Å². The quantitative estimate of drug-likeness (QED) is 0.661. The van der Waals surface area contributed by atoms with Crippen molar-refractivity contribution in [2.45, 2.75) is 13.3 Å². The highest BCUT2D eigenvalue weighted by Gasteiger charge is 2.17. The molecule has 3 nitrogen and oxygen atoms in total. The van der Waals surface area contributed by atoms with Gasteiger partial charge in [0.05, 0.1) is 10.7 Å². The fourth-order valence-corrected chi connectivity index (χ4v) is 3.20. The van der Waals surface area contributed by atoms with Crippen molar-refractivity contribution in [3.63, 3.8) is 0 Å². The van der Waals surface area contributed by atoms with Crippen molar-refractivity contribution < 1.29 is 9.90 Å². The highest BCUT2D eigenvalue weighted by molar-refractivity contribution is 6.38. The van der Waals surface area contributed by atoms with Crippen LogP contribution in [0.4, 0.5) is 5.69 Å². The average Bonchev–Trinajstić information content (AvgIpc) is 2.44. The van der Waals surface area contributed by atoms with E-state index in [1.807, 2.05) is 6.92 Å². The predicted molar refractivity (Wildman–Crippen MR) is 91.9 cm³/mol. The second kappa shape index (κ2) is 6.97. The van der Waals surface area contributed by atoms with E-state index in [1.54, 1.807) is 0 Å². The van der Waals surface area contributed by atoms with Crippen LogP contribution in [0.3, 0.4) is 0 Å². The van der Waals surface area contributed by atoms with Gasteiger partial charge in [-0.25, -0.2) is 0 Å². The lowest BCUT2D eigenvalue weighted by atomic mass is 10.1. The molecular formula is C15H11Cl4NO2. The van der Waals surface area contributed by atoms with E-state index in [4.69, 9.17) is 46.4 Å². The number of nitrogens with one attached hydrogen (secondary N) is 1. The van der Waals surface area contributed by atoms with Gasteiger partial charge in [0, 0.05) is 20.6 Å². The third-order valence-corrected chi connectivity index (χ3v) is 4.19. The maximum absolute atomic E-state index is 12.2. The molecule has 2 aromatic carbocycles. The number of aromatic hydroxyl groups is 1. The number of benzene rings is 2. The Hall–Kier alpha value is -1.13. The first-order valence-corrected chi connectivity index (χ1v) is 7.82. The Morgan fingerprint density at radius 1 is 1.09 bits per heavy atom. The van der Waals surface area contributed by atoms with Gasteiger partial charge >= 0.3 is 0 Å². The summed E-state index contributed by atoms with van der Waals surface area (Å²) in [4.78, 5) is 12.2. The molecule has 22 heavy (non-hydrogen) atoms. The van der Waals surface area contributed by atoms with Gasteiger partial charge in [-0.2, -0.15) is 0 Å². The number of rotatable bonds is 3. The van der Waals surface area contributed by atoms with Gasteiger partial charge < -0.3 is 10.4 Å². The van der Waals surface area contributed by atoms with Crippen LogP contribution in [-0.2, 0) is 6.42 Å². The molecule has 0 spiro atoms. The third-order valence-electron chi connectivity index (χ3n) is 3.01. The number of hydrogen-bond donors (Lipinski definition) is 2. The van der Waals surface area contributed by atoms with Crippen molar-refractivity contribution in [1.82, 2.24) is 0 Å². The van der Waals surface area contributed by atoms with Crippen molar-refractivity contribution in [2.24, 2.45) is 0 Å². The van der Waals surface area contributed by atoms with Crippen LogP contribution < -0.4 is 5.32 Å². The van der Waals surface area contributed by atoms with Gasteiger partial charge in [-0.3, -0.25) is 4.79 Å². The van der Waals surface area contributed by atoms with E-state index in [0.29, 0.717) is 27.1 Å². The molecule has 0 fully saturated rings. The molecule has 2 aromatic rings. The van der Waals surface area contributed by atoms with Gasteiger partial charge in [0.1, 0.15) is 0 Å². The van der Waals surface area contributed by atoms with Gasteiger partial charge in [-0.15, -0.1) is 0 Å². The number of halogens is 4. The van der Waals surface area contributed by atoms with Crippen molar-refractivity contribution in [2.75, 3.05) is 5.32 Å². The molecule has 2 rings (SSSR count). The Balaban J connectivity index is 2.36. The second-order valence-electron chi connectivity index (χ2n) is 4.51. The van der Waals surface area contributed by atoms with Crippen LogP contribution >= 0.6 is 46.4 Å². The number of carbonyl (C=O) groups is 1. The van der Waals surface area contributed by atoms with Crippen LogP contribution in [0, 0.1) is 0 Å². The Morgan fingerprint density at radius 3 is 2.23 bits per heavy atom. The molecular weight excluding hydrogens is 368 g/mol. The minimum Gasteiger partial charge on any atom is -0.504 e. The van der Waals surface area contributed by atoms with Gasteiger partial charge in [-0.1, -0.05) is 53.3 Å². The van der Waals surface area contributed by atoms with E-state index < -0.39 is 5.91 Å². The summed E-state index contributed by atoms with van der Waals surface area (Å²) in [6.45, 7) is 1.86. The first-order chi connectivity index (χ1) is 10.3. The predicted octanol–water partition coefficient (Wildman–Crippen LogP) is 5.82. The van der Waals surface area contributed by atoms with Crippen LogP contribution in [0.1, 0.15) is 22.8 Å². The third kappa shape index (κ3) is 3.61. The number of phenols is 1. The number of phenolic OH excluding ortho intramolecular Hbond substituents is 1. The van der Waals surface area contributed by atoms with Crippen molar-refractivity contribution >= 4 is 58.0 Å². The lowest BCUT2D eigenvalue weighted by molar-refractivity contribution is 0.102. The second-order valence-corrected chi connectivity index (χ2v) is 6.17. The van der Waals surface area contributed by atoms with E-state index >= 15 is 0 Å². The molecule has 1 amide bonds. The smallest absolute Gasteiger partial charge is 0.255 e. The van der Waals surface area contributed by atoms with Gasteiger partial charge in [0.25, 0.3) is 5.91 Å². The molecule has 0 saturated heterocycles. The summed E-state index contributed by atoms with van der Waals surface area (Å²) in [6, 6.07) is 5.89. The normalized spacial score (nSPS) is 10.6. The molecule has 116 valence electrons. The number of anilines is 1. The maximum atomic E-state index is 12.2. The molecule has 0 atom stereocenters. The molecule has 0 aliphatic rings. The van der Waals surface area contributed by atoms with Gasteiger partial charge in [0.15, 0.2) is 5.75 Å². The molecule has 0 aliphatic heterocycles. The molecule has 0 unspecified atom stereocenters. The molecule has 0 saturated carbocycles. The average molecular weight is 379 g/mol. The van der Waals surface area contributed by atoms with Crippen LogP contribution in [0.5, 0.6) is 5.75 Å². The number of amides is 1. The van der Waals surface area contributed by atoms with Crippen molar-refractivity contribution in [3.05, 3.63) is 55.5 Å². The monoisotopic (exact) mass is 377 g/mol. The zero-order valence-electron chi connectivity index (χ0n) is 11.4. The maximum Gasteiger partial charge on any atom is 0.255 e. The summed E-state index contributed by atoms with van der Waals surface area (Å²) in [5.41, 5.74) is 0.988. The fourth-order valence-electron chi connectivity index (χ4n) is 1.95. The Bertz CT molecular complexity index is 727. The van der Waals surface area contributed by atoms with E-state index in [0.717, 1.165) is 0 Å². The topological polar surface area (TPSA) is 49.3 Å². The summed E-state index contributed by atoms with van der Waals surface area (Å²) in [5.74, 6) is -0.722. The van der Waals surface area contributed by atoms with Crippen LogP contribution in [0.25, 0.3) is 0 Å². The molecule has 0 bridgehead atoms. The van der Waals surface area contributed by atoms with Gasteiger partial charge in [0.2, 0.25) is 0 Å². The molecule has 7 heteroatoms. The number of hydrogen-bond acceptors (Lipinski definition) is 2. The Morgan fingerprint density at radius 2 is 1.68 bits per heavy atom. The molecule has 0 radical (unpaired) electrons. The van der Waals surface area contributed by atoms with E-state index in [2.05, 4.69) is 5.32 Å². The van der Waals surface area contributed by atoms with Crippen molar-refractivity contribution in [3.8, 4) is 5.75 Å². The van der Waals surface area contributed by atoms with E-state index in [-0.39, 0.29) is 22.0 Å². The first-order valence-electron chi connectivity index (χ1n) is 6.30. The van der Waals surface area contributed by atoms with Crippen LogP contribution in [-0.4, -0.2) is 11.0 Å². The first kappa shape index (κ1) is 17.2. The van der Waals surface area contributed by atoms with Crippen LogP contribution in [0.15, 0.2) is 24.3 Å². The minimum absolute atomic E-state index is 0.119. The summed E-state index contributed by atoms with van der Waals surface area (Å²) < 4.78 is 0. The highest BCUT2D eigenvalue weighted by atomic mass is 35.5. The largest absolute Gasteiger partial charge is 0.504 e. The molecule has 2 N–H and O–H groups in total. The summed E-state index contributed by atoms with van der Waals surface area (Å²) in [7, 11) is 0. The lowest BCUT2D eigenvalue weighted by Crippen LogP contribution is -2.12. The summed E-state index contributed by atoms with van der Waals surface area (Å²) in [6.07, 6.45) is 0.559. The molecule has 0 heterocycles. The minimum atomic E-state index is -0.490. The van der Waals surface area contributed by atoms with E-state index in [1.165, 1.54) is 24.3 Å². The van der Waals surface area contributed by atoms with E-state index in [9.17, 15) is 9.90 Å². The zero-order valence-corrected chi connectivity index (χ0v) is 14.4. The molecule has 0 aliphatic carbocycles. The van der Waals surface area contributed by atoms with Crippen LogP contribution in [0.2, 0.25) is 20.1 Å². The Kier molecular flexibility index (Phi) is 5.45. The fraction of sp³-hybridized carbons (Fsp3) is 0.133. The van der Waals surface area contributed by atoms with Crippen molar-refractivity contribution in [1.29, 1.82) is 0 Å². The molecule has 0 aromatic heterocycles. The Labute approximate surface area is 147 Å². The lowest BCUT2D eigenvalue weighted by Gasteiger charge is -2.13. The highest BCUT2D eigenvalue weighted by Crippen LogP contribution is 2.39. The zero-order chi connectivity index (χ0) is 16.4.